The van der Waals surface area contributed by atoms with Crippen LogP contribution in [0.25, 0.3) is 0 Å². The van der Waals surface area contributed by atoms with E-state index >= 15 is 0 Å². The Kier molecular flexibility index (Phi) is 14.4. The molecule has 4 atom stereocenters. The second-order valence-electron chi connectivity index (χ2n) is 9.85. The van der Waals surface area contributed by atoms with Crippen LogP contribution in [0.1, 0.15) is 40.0 Å². The molecule has 42 heavy (non-hydrogen) atoms. The van der Waals surface area contributed by atoms with Gasteiger partial charge in [0.1, 0.15) is 24.2 Å². The van der Waals surface area contributed by atoms with Crippen molar-refractivity contribution in [2.75, 3.05) is 25.9 Å². The summed E-state index contributed by atoms with van der Waals surface area (Å²) in [4.78, 5) is 92.5. The molecule has 0 aromatic rings. The molecular weight excluding hydrogens is 596 g/mol. The Labute approximate surface area is 250 Å². The smallest absolute Gasteiger partial charge is 0.327 e. The maximum Gasteiger partial charge on any atom is 0.327 e. The van der Waals surface area contributed by atoms with Gasteiger partial charge in [-0.15, -0.1) is 0 Å². The molecule has 1 heterocycles. The summed E-state index contributed by atoms with van der Waals surface area (Å²) in [5, 5.41) is 28.5. The van der Waals surface area contributed by atoms with Gasteiger partial charge >= 0.3 is 11.9 Å². The molecule has 1 aliphatic heterocycles. The molecule has 5 amide bonds. The number of aliphatic imine (C=N–C) groups is 1. The zero-order chi connectivity index (χ0) is 32.2. The van der Waals surface area contributed by atoms with Crippen LogP contribution in [0, 0.1) is 0 Å². The number of rotatable bonds is 8. The maximum absolute atomic E-state index is 13.5. The van der Waals surface area contributed by atoms with Crippen molar-refractivity contribution in [3.05, 3.63) is 0 Å². The number of guanidine groups is 1. The van der Waals surface area contributed by atoms with Crippen LogP contribution in [0.15, 0.2) is 4.99 Å². The molecule has 0 radical (unpaired) electrons. The fraction of sp³-hybridized carbons (Fsp3) is 0.652. The zero-order valence-corrected chi connectivity index (χ0v) is 25.3. The van der Waals surface area contributed by atoms with E-state index in [2.05, 4.69) is 26.3 Å². The topological polar surface area (TPSA) is 276 Å². The number of hydrogen-bond donors (Lipinski definition) is 8. The van der Waals surface area contributed by atoms with Crippen molar-refractivity contribution in [1.29, 1.82) is 0 Å². The van der Waals surface area contributed by atoms with E-state index in [1.807, 2.05) is 0 Å². The Bertz CT molecular complexity index is 1080. The SMILES string of the molecule is CC(=O)N[C@H]1CSSC(C)(C)[C@@H](C(=O)O)NC(=O)[C@H](CC(=O)O)NC(=O)CNC(=O)[C@H](CCCN=C(N)N)N(C)C1=O. The highest BCUT2D eigenvalue weighted by Gasteiger charge is 2.40. The molecule has 19 heteroatoms. The van der Waals surface area contributed by atoms with Gasteiger partial charge in [0, 0.05) is 26.3 Å². The molecule has 0 aromatic carbocycles. The average molecular weight is 635 g/mol. The average Bonchev–Trinajstić information content (AvgIpc) is 2.87. The molecule has 0 aromatic heterocycles. The van der Waals surface area contributed by atoms with E-state index < -0.39 is 83.4 Å². The fourth-order valence-electron chi connectivity index (χ4n) is 3.81. The van der Waals surface area contributed by atoms with Gasteiger partial charge in [0.2, 0.25) is 29.5 Å². The van der Waals surface area contributed by atoms with Gasteiger partial charge in [-0.2, -0.15) is 0 Å². The van der Waals surface area contributed by atoms with E-state index in [0.29, 0.717) is 0 Å². The van der Waals surface area contributed by atoms with Crippen molar-refractivity contribution in [2.45, 2.75) is 68.9 Å². The van der Waals surface area contributed by atoms with Crippen LogP contribution >= 0.6 is 21.6 Å². The highest BCUT2D eigenvalue weighted by Crippen LogP contribution is 2.39. The number of carbonyl (C=O) groups is 7. The summed E-state index contributed by atoms with van der Waals surface area (Å²) in [6.07, 6.45) is -0.525. The number of amides is 5. The number of aliphatic carboxylic acids is 2. The summed E-state index contributed by atoms with van der Waals surface area (Å²) in [5.41, 5.74) is 10.7. The highest BCUT2D eigenvalue weighted by atomic mass is 33.1. The summed E-state index contributed by atoms with van der Waals surface area (Å²) in [6.45, 7) is 3.68. The lowest BCUT2D eigenvalue weighted by molar-refractivity contribution is -0.144. The normalized spacial score (nSPS) is 24.3. The van der Waals surface area contributed by atoms with E-state index in [9.17, 15) is 43.8 Å². The molecule has 0 saturated carbocycles. The van der Waals surface area contributed by atoms with Crippen molar-refractivity contribution < 1.29 is 43.8 Å². The van der Waals surface area contributed by atoms with Crippen molar-refractivity contribution in [3.63, 3.8) is 0 Å². The van der Waals surface area contributed by atoms with Crippen LogP contribution in [0.2, 0.25) is 0 Å². The fourth-order valence-corrected chi connectivity index (χ4v) is 6.61. The van der Waals surface area contributed by atoms with E-state index in [0.717, 1.165) is 26.5 Å². The van der Waals surface area contributed by atoms with E-state index in [1.54, 1.807) is 0 Å². The van der Waals surface area contributed by atoms with Crippen LogP contribution in [0.4, 0.5) is 0 Å². The first-order chi connectivity index (χ1) is 19.5. The second kappa shape index (κ2) is 16.6. The lowest BCUT2D eigenvalue weighted by Gasteiger charge is -2.33. The summed E-state index contributed by atoms with van der Waals surface area (Å²) >= 11 is 0. The number of nitrogens with two attached hydrogens (primary N) is 2. The molecule has 10 N–H and O–H groups in total. The maximum atomic E-state index is 13.5. The molecule has 0 bridgehead atoms. The minimum Gasteiger partial charge on any atom is -0.481 e. The lowest BCUT2D eigenvalue weighted by atomic mass is 10.0. The number of carbonyl (C=O) groups excluding carboxylic acids is 5. The van der Waals surface area contributed by atoms with Crippen molar-refractivity contribution in [1.82, 2.24) is 26.2 Å². The Hall–Kier alpha value is -3.74. The first-order valence-electron chi connectivity index (χ1n) is 12.7. The summed E-state index contributed by atoms with van der Waals surface area (Å²) < 4.78 is -1.22. The quantitative estimate of drug-likeness (QED) is 0.0580. The van der Waals surface area contributed by atoms with Crippen LogP contribution < -0.4 is 32.7 Å². The van der Waals surface area contributed by atoms with Gasteiger partial charge in [-0.1, -0.05) is 21.6 Å². The van der Waals surface area contributed by atoms with Gasteiger partial charge in [-0.25, -0.2) is 4.79 Å². The van der Waals surface area contributed by atoms with Gasteiger partial charge in [0.25, 0.3) is 0 Å². The van der Waals surface area contributed by atoms with Gasteiger partial charge < -0.3 is 47.8 Å². The molecule has 236 valence electrons. The molecule has 1 fully saturated rings. The largest absolute Gasteiger partial charge is 0.481 e. The Morgan fingerprint density at radius 3 is 2.31 bits per heavy atom. The third kappa shape index (κ3) is 12.0. The third-order valence-corrected chi connectivity index (χ3v) is 9.22. The van der Waals surface area contributed by atoms with Crippen LogP contribution in [0.3, 0.4) is 0 Å². The summed E-state index contributed by atoms with van der Waals surface area (Å²) in [5.74, 6) is -6.96. The number of carboxylic acids is 2. The van der Waals surface area contributed by atoms with Crippen molar-refractivity contribution in [2.24, 2.45) is 16.5 Å². The predicted molar refractivity (Wildman–Crippen MR) is 155 cm³/mol. The van der Waals surface area contributed by atoms with Gasteiger partial charge in [-0.05, 0) is 26.7 Å². The summed E-state index contributed by atoms with van der Waals surface area (Å²) in [6, 6.07) is -5.44. The molecule has 0 unspecified atom stereocenters. The lowest BCUT2D eigenvalue weighted by Crippen LogP contribution is -2.58. The van der Waals surface area contributed by atoms with Crippen LogP contribution in [-0.2, 0) is 33.6 Å². The molecule has 0 spiro atoms. The highest BCUT2D eigenvalue weighted by molar-refractivity contribution is 8.77. The van der Waals surface area contributed by atoms with Gasteiger partial charge in [0.05, 0.1) is 17.7 Å². The Morgan fingerprint density at radius 2 is 1.76 bits per heavy atom. The first-order valence-corrected chi connectivity index (χ1v) is 15.0. The van der Waals surface area contributed by atoms with Crippen molar-refractivity contribution >= 4 is 69.0 Å². The van der Waals surface area contributed by atoms with Gasteiger partial charge in [-0.3, -0.25) is 33.8 Å². The predicted octanol–water partition coefficient (Wildman–Crippen LogP) is -2.81. The second-order valence-corrected chi connectivity index (χ2v) is 12.8. The molecular formula is C23H38N8O9S2. The van der Waals surface area contributed by atoms with Crippen LogP contribution in [-0.4, -0.2) is 117 Å². The number of hydrogen-bond acceptors (Lipinski definition) is 10. The molecule has 1 rings (SSSR count). The van der Waals surface area contributed by atoms with Crippen molar-refractivity contribution in [3.8, 4) is 0 Å². The number of nitrogens with one attached hydrogen (secondary N) is 4. The minimum atomic E-state index is -1.65. The molecule has 0 aliphatic carbocycles. The molecule has 1 aliphatic rings. The standard InChI is InChI=1S/C23H38N8O9S2/c1-11(32)28-13-10-41-42-23(2,3)17(21(39)40)30-18(36)12(8-16(34)35)29-15(33)9-27-19(37)14(31(4)20(13)38)6-5-7-26-22(24)25/h12-14,17H,5-10H2,1-4H3,(H,27,37)(H,28,32)(H,29,33)(H,30,36)(H,34,35)(H,39,40)(H4,24,25,26)/t12-,13-,14-,17+/m0/s1. The molecule has 1 saturated heterocycles. The van der Waals surface area contributed by atoms with E-state index in [1.165, 1.54) is 27.8 Å². The minimum absolute atomic E-state index is 0.0405. The number of likely N-dealkylation sites (N-methyl/N-ethyl adjacent to an activating group) is 1. The molecule has 17 nitrogen and oxygen atoms in total. The number of nitrogens with zero attached hydrogens (tertiary/aromatic N) is 2. The summed E-state index contributed by atoms with van der Waals surface area (Å²) in [7, 11) is 3.40. The zero-order valence-electron chi connectivity index (χ0n) is 23.7. The number of carboxylic acid groups (broad SMARTS) is 2. The van der Waals surface area contributed by atoms with Gasteiger partial charge in [0.15, 0.2) is 5.96 Å². The Morgan fingerprint density at radius 1 is 1.12 bits per heavy atom. The van der Waals surface area contributed by atoms with E-state index in [4.69, 9.17) is 11.5 Å². The first kappa shape index (κ1) is 36.3. The van der Waals surface area contributed by atoms with Crippen LogP contribution in [0.5, 0.6) is 0 Å². The Balaban J connectivity index is 3.46. The van der Waals surface area contributed by atoms with E-state index in [-0.39, 0.29) is 31.1 Å². The monoisotopic (exact) mass is 634 g/mol. The third-order valence-electron chi connectivity index (χ3n) is 5.91.